The Balaban J connectivity index is 2.11. The lowest BCUT2D eigenvalue weighted by Crippen LogP contribution is -2.15. The molecule has 1 heterocycles. The summed E-state index contributed by atoms with van der Waals surface area (Å²) in [6, 6.07) is 6.63. The van der Waals surface area contributed by atoms with Crippen molar-refractivity contribution < 1.29 is 8.42 Å². The van der Waals surface area contributed by atoms with E-state index in [1.54, 1.807) is 36.7 Å². The molecule has 0 unspecified atom stereocenters. The van der Waals surface area contributed by atoms with Gasteiger partial charge >= 0.3 is 0 Å². The van der Waals surface area contributed by atoms with Crippen LogP contribution in [0.4, 0.5) is 5.95 Å². The Bertz CT molecular complexity index is 726. The van der Waals surface area contributed by atoms with E-state index in [1.165, 1.54) is 0 Å². The van der Waals surface area contributed by atoms with Gasteiger partial charge in [0.25, 0.3) is 10.0 Å². The van der Waals surface area contributed by atoms with E-state index in [4.69, 9.17) is 5.73 Å². The lowest BCUT2D eigenvalue weighted by atomic mass is 10.1. The van der Waals surface area contributed by atoms with Gasteiger partial charge in [0, 0.05) is 12.4 Å². The summed E-state index contributed by atoms with van der Waals surface area (Å²) in [4.78, 5) is 8.32. The molecule has 0 amide bonds. The van der Waals surface area contributed by atoms with Gasteiger partial charge in [0.2, 0.25) is 5.95 Å². The van der Waals surface area contributed by atoms with Crippen molar-refractivity contribution in [3.8, 4) is 0 Å². The average molecular weight is 334 g/mol. The molecule has 0 saturated heterocycles. The molecule has 0 aliphatic heterocycles. The van der Waals surface area contributed by atoms with Crippen LogP contribution in [0.15, 0.2) is 41.6 Å². The average Bonchev–Trinajstić information content (AvgIpc) is 2.49. The molecular formula is C16H22N4O2S. The van der Waals surface area contributed by atoms with E-state index in [2.05, 4.69) is 28.5 Å². The standard InChI is InChI=1S/C16H22N4O2S/c1-12(2)9-14-10-18-16(19-11-14)20-23(21,22)15-5-3-13(4-6-15)7-8-17/h3-6,10-12H,7-9,17H2,1-2H3,(H,18,19,20). The van der Waals surface area contributed by atoms with E-state index in [-0.39, 0.29) is 10.8 Å². The van der Waals surface area contributed by atoms with Crippen molar-refractivity contribution in [2.24, 2.45) is 11.7 Å². The Morgan fingerprint density at radius 2 is 1.70 bits per heavy atom. The van der Waals surface area contributed by atoms with Crippen LogP contribution >= 0.6 is 0 Å². The Morgan fingerprint density at radius 3 is 2.22 bits per heavy atom. The van der Waals surface area contributed by atoms with Crippen LogP contribution in [0.2, 0.25) is 0 Å². The highest BCUT2D eigenvalue weighted by atomic mass is 32.2. The second-order valence-electron chi connectivity index (χ2n) is 5.80. The fourth-order valence-electron chi connectivity index (χ4n) is 2.17. The summed E-state index contributed by atoms with van der Waals surface area (Å²) >= 11 is 0. The third-order valence-electron chi connectivity index (χ3n) is 3.24. The molecule has 0 aliphatic carbocycles. The van der Waals surface area contributed by atoms with E-state index in [9.17, 15) is 8.42 Å². The molecule has 2 rings (SSSR count). The predicted molar refractivity (Wildman–Crippen MR) is 90.6 cm³/mol. The van der Waals surface area contributed by atoms with Gasteiger partial charge in [-0.15, -0.1) is 0 Å². The quantitative estimate of drug-likeness (QED) is 0.807. The summed E-state index contributed by atoms with van der Waals surface area (Å²) < 4.78 is 27.0. The molecule has 0 spiro atoms. The van der Waals surface area contributed by atoms with Gasteiger partial charge in [-0.05, 0) is 48.6 Å². The summed E-state index contributed by atoms with van der Waals surface area (Å²) in [5.74, 6) is 0.566. The number of sulfonamides is 1. The van der Waals surface area contributed by atoms with Crippen molar-refractivity contribution in [1.29, 1.82) is 0 Å². The van der Waals surface area contributed by atoms with Crippen LogP contribution in [0.3, 0.4) is 0 Å². The van der Waals surface area contributed by atoms with Crippen LogP contribution < -0.4 is 10.5 Å². The Kier molecular flexibility index (Phi) is 5.68. The maximum atomic E-state index is 12.3. The number of anilines is 1. The van der Waals surface area contributed by atoms with Gasteiger partial charge in [0.05, 0.1) is 4.90 Å². The van der Waals surface area contributed by atoms with Crippen LogP contribution in [-0.4, -0.2) is 24.9 Å². The highest BCUT2D eigenvalue weighted by Crippen LogP contribution is 2.15. The first-order chi connectivity index (χ1) is 10.9. The summed E-state index contributed by atoms with van der Waals surface area (Å²) in [5, 5.41) is 0. The SMILES string of the molecule is CC(C)Cc1cnc(NS(=O)(=O)c2ccc(CCN)cc2)nc1. The molecule has 1 aromatic carbocycles. The predicted octanol–water partition coefficient (Wildman–Crippen LogP) is 1.98. The lowest BCUT2D eigenvalue weighted by molar-refractivity contribution is 0.600. The maximum absolute atomic E-state index is 12.3. The summed E-state index contributed by atoms with van der Waals surface area (Å²) in [6.07, 6.45) is 4.87. The zero-order valence-electron chi connectivity index (χ0n) is 13.4. The van der Waals surface area contributed by atoms with Gasteiger partial charge < -0.3 is 5.73 Å². The maximum Gasteiger partial charge on any atom is 0.264 e. The molecule has 0 atom stereocenters. The Labute approximate surface area is 137 Å². The molecule has 0 saturated carbocycles. The fourth-order valence-corrected chi connectivity index (χ4v) is 3.12. The lowest BCUT2D eigenvalue weighted by Gasteiger charge is -2.08. The number of nitrogens with two attached hydrogens (primary N) is 1. The third kappa shape index (κ3) is 5.01. The van der Waals surface area contributed by atoms with E-state index in [0.717, 1.165) is 17.5 Å². The Hall–Kier alpha value is -1.99. The highest BCUT2D eigenvalue weighted by Gasteiger charge is 2.15. The molecule has 0 fully saturated rings. The largest absolute Gasteiger partial charge is 0.330 e. The van der Waals surface area contributed by atoms with Crippen LogP contribution in [-0.2, 0) is 22.9 Å². The molecular weight excluding hydrogens is 312 g/mol. The monoisotopic (exact) mass is 334 g/mol. The van der Waals surface area contributed by atoms with Gasteiger partial charge in [-0.2, -0.15) is 0 Å². The fraction of sp³-hybridized carbons (Fsp3) is 0.375. The van der Waals surface area contributed by atoms with Crippen LogP contribution in [0, 0.1) is 5.92 Å². The number of benzene rings is 1. The molecule has 1 aromatic heterocycles. The van der Waals surface area contributed by atoms with Gasteiger partial charge in [-0.3, -0.25) is 0 Å². The van der Waals surface area contributed by atoms with E-state index >= 15 is 0 Å². The number of nitrogens with one attached hydrogen (secondary N) is 1. The molecule has 0 bridgehead atoms. The van der Waals surface area contributed by atoms with Gasteiger partial charge in [0.15, 0.2) is 0 Å². The summed E-state index contributed by atoms with van der Waals surface area (Å²) in [7, 11) is -3.69. The first-order valence-corrected chi connectivity index (χ1v) is 9.02. The van der Waals surface area contributed by atoms with Crippen molar-refractivity contribution in [3.63, 3.8) is 0 Å². The van der Waals surface area contributed by atoms with Crippen molar-refractivity contribution in [1.82, 2.24) is 9.97 Å². The molecule has 2 aromatic rings. The van der Waals surface area contributed by atoms with Crippen molar-refractivity contribution >= 4 is 16.0 Å². The molecule has 23 heavy (non-hydrogen) atoms. The summed E-state index contributed by atoms with van der Waals surface area (Å²) in [6.45, 7) is 4.73. The molecule has 124 valence electrons. The summed E-state index contributed by atoms with van der Waals surface area (Å²) in [5.41, 5.74) is 7.46. The molecule has 0 aliphatic rings. The minimum absolute atomic E-state index is 0.0727. The van der Waals surface area contributed by atoms with Crippen LogP contribution in [0.25, 0.3) is 0 Å². The number of hydrogen-bond acceptors (Lipinski definition) is 5. The van der Waals surface area contributed by atoms with Crippen LogP contribution in [0.1, 0.15) is 25.0 Å². The minimum atomic E-state index is -3.69. The first-order valence-electron chi connectivity index (χ1n) is 7.53. The second kappa shape index (κ2) is 7.52. The minimum Gasteiger partial charge on any atom is -0.330 e. The molecule has 0 radical (unpaired) electrons. The van der Waals surface area contributed by atoms with Gasteiger partial charge in [-0.1, -0.05) is 26.0 Å². The number of aromatic nitrogens is 2. The normalized spacial score (nSPS) is 11.7. The second-order valence-corrected chi connectivity index (χ2v) is 7.48. The Morgan fingerprint density at radius 1 is 1.09 bits per heavy atom. The number of nitrogens with zero attached hydrogens (tertiary/aromatic N) is 2. The topological polar surface area (TPSA) is 98.0 Å². The first kappa shape index (κ1) is 17.4. The molecule has 6 nitrogen and oxygen atoms in total. The van der Waals surface area contributed by atoms with Crippen molar-refractivity contribution in [2.75, 3.05) is 11.3 Å². The highest BCUT2D eigenvalue weighted by molar-refractivity contribution is 7.92. The molecule has 3 N–H and O–H groups in total. The van der Waals surface area contributed by atoms with E-state index < -0.39 is 10.0 Å². The zero-order chi connectivity index (χ0) is 16.9. The van der Waals surface area contributed by atoms with Crippen LogP contribution in [0.5, 0.6) is 0 Å². The number of rotatable bonds is 7. The smallest absolute Gasteiger partial charge is 0.264 e. The zero-order valence-corrected chi connectivity index (χ0v) is 14.2. The van der Waals surface area contributed by atoms with Gasteiger partial charge in [0.1, 0.15) is 0 Å². The van der Waals surface area contributed by atoms with E-state index in [1.807, 2.05) is 0 Å². The van der Waals surface area contributed by atoms with Crippen molar-refractivity contribution in [3.05, 3.63) is 47.8 Å². The third-order valence-corrected chi connectivity index (χ3v) is 4.59. The van der Waals surface area contributed by atoms with E-state index in [0.29, 0.717) is 18.9 Å². The van der Waals surface area contributed by atoms with Crippen molar-refractivity contribution in [2.45, 2.75) is 31.6 Å². The number of hydrogen-bond donors (Lipinski definition) is 2. The molecule has 7 heteroatoms. The van der Waals surface area contributed by atoms with Gasteiger partial charge in [-0.25, -0.2) is 23.1 Å².